The number of nitrogens with zero attached hydrogens (tertiary/aromatic N) is 2. The van der Waals surface area contributed by atoms with E-state index < -0.39 is 5.82 Å². The van der Waals surface area contributed by atoms with Gasteiger partial charge in [-0.2, -0.15) is 0 Å². The predicted molar refractivity (Wildman–Crippen MR) is 80.2 cm³/mol. The fourth-order valence-electron chi connectivity index (χ4n) is 2.89. The topological polar surface area (TPSA) is 43.8 Å². The van der Waals surface area contributed by atoms with Gasteiger partial charge in [-0.3, -0.25) is 9.69 Å². The molecule has 1 aromatic rings. The second-order valence-electron chi connectivity index (χ2n) is 5.73. The Morgan fingerprint density at radius 2 is 2.19 bits per heavy atom. The van der Waals surface area contributed by atoms with Gasteiger partial charge in [0, 0.05) is 19.1 Å². The van der Waals surface area contributed by atoms with Crippen molar-refractivity contribution in [2.24, 2.45) is 0 Å². The molecule has 2 rings (SSSR count). The first-order chi connectivity index (χ1) is 10.0. The van der Waals surface area contributed by atoms with Gasteiger partial charge in [0.1, 0.15) is 11.6 Å². The Morgan fingerprint density at radius 1 is 1.43 bits per heavy atom. The molecule has 5 heteroatoms. The number of halogens is 1. The third-order valence-electron chi connectivity index (χ3n) is 4.10. The van der Waals surface area contributed by atoms with E-state index in [4.69, 9.17) is 0 Å². The van der Waals surface area contributed by atoms with Crippen LogP contribution in [0.5, 0.6) is 5.75 Å². The molecular formula is C16H23FN2O2. The number of likely N-dealkylation sites (N-methyl/N-ethyl adjacent to an activating group) is 1. The second-order valence-corrected chi connectivity index (χ2v) is 5.73. The number of carbonyl (C=O) groups is 1. The summed E-state index contributed by atoms with van der Waals surface area (Å²) in [7, 11) is 2.09. The number of carbonyl (C=O) groups excluding carboxylic acids is 1. The monoisotopic (exact) mass is 294 g/mol. The number of Topliss-reactive ketones (excluding diaryl/α,β-unsaturated/α-hetero) is 1. The molecule has 21 heavy (non-hydrogen) atoms. The van der Waals surface area contributed by atoms with Crippen LogP contribution in [0.2, 0.25) is 0 Å². The van der Waals surface area contributed by atoms with Gasteiger partial charge in [0.2, 0.25) is 0 Å². The number of benzene rings is 1. The summed E-state index contributed by atoms with van der Waals surface area (Å²) in [5.74, 6) is -0.879. The molecule has 1 heterocycles. The van der Waals surface area contributed by atoms with E-state index in [1.165, 1.54) is 6.07 Å². The Balaban J connectivity index is 2.11. The van der Waals surface area contributed by atoms with Crippen LogP contribution in [0.25, 0.3) is 0 Å². The standard InChI is InChI=1S/C16H23FN2O2/c1-3-13-10-18(2)7-4-8-19(13)11-16(21)14-9-12(17)5-6-15(14)20/h5-6,9,13,20H,3-4,7-8,10-11H2,1-2H3. The lowest BCUT2D eigenvalue weighted by Gasteiger charge is -2.29. The summed E-state index contributed by atoms with van der Waals surface area (Å²) in [5.41, 5.74) is 0.0717. The van der Waals surface area contributed by atoms with Crippen molar-refractivity contribution < 1.29 is 14.3 Å². The van der Waals surface area contributed by atoms with Crippen molar-refractivity contribution in [3.05, 3.63) is 29.6 Å². The normalized spacial score (nSPS) is 21.2. The summed E-state index contributed by atoms with van der Waals surface area (Å²) >= 11 is 0. The van der Waals surface area contributed by atoms with Crippen LogP contribution < -0.4 is 0 Å². The van der Waals surface area contributed by atoms with E-state index in [0.717, 1.165) is 44.6 Å². The summed E-state index contributed by atoms with van der Waals surface area (Å²) < 4.78 is 13.3. The lowest BCUT2D eigenvalue weighted by Crippen LogP contribution is -2.42. The first kappa shape index (κ1) is 15.9. The molecule has 4 nitrogen and oxygen atoms in total. The van der Waals surface area contributed by atoms with Crippen LogP contribution in [0, 0.1) is 5.82 Å². The average molecular weight is 294 g/mol. The minimum atomic E-state index is -0.501. The molecule has 1 fully saturated rings. The van der Waals surface area contributed by atoms with Gasteiger partial charge < -0.3 is 10.0 Å². The highest BCUT2D eigenvalue weighted by molar-refractivity contribution is 6.00. The van der Waals surface area contributed by atoms with Crippen molar-refractivity contribution in [3.63, 3.8) is 0 Å². The summed E-state index contributed by atoms with van der Waals surface area (Å²) in [6.07, 6.45) is 1.97. The first-order valence-corrected chi connectivity index (χ1v) is 7.45. The molecule has 1 atom stereocenters. The van der Waals surface area contributed by atoms with Crippen LogP contribution in [0.15, 0.2) is 18.2 Å². The number of aromatic hydroxyl groups is 1. The molecule has 1 N–H and O–H groups in total. The third-order valence-corrected chi connectivity index (χ3v) is 4.10. The van der Waals surface area contributed by atoms with Crippen LogP contribution in [-0.4, -0.2) is 60.0 Å². The van der Waals surface area contributed by atoms with Crippen molar-refractivity contribution in [1.82, 2.24) is 9.80 Å². The van der Waals surface area contributed by atoms with Crippen LogP contribution in [-0.2, 0) is 0 Å². The van der Waals surface area contributed by atoms with Crippen LogP contribution >= 0.6 is 0 Å². The smallest absolute Gasteiger partial charge is 0.180 e. The number of hydrogen-bond donors (Lipinski definition) is 1. The van der Waals surface area contributed by atoms with Crippen LogP contribution in [0.3, 0.4) is 0 Å². The number of phenols is 1. The van der Waals surface area contributed by atoms with Gasteiger partial charge in [0.25, 0.3) is 0 Å². The van der Waals surface area contributed by atoms with Crippen LogP contribution in [0.4, 0.5) is 4.39 Å². The molecule has 1 saturated heterocycles. The van der Waals surface area contributed by atoms with Crippen molar-refractivity contribution in [2.75, 3.05) is 33.2 Å². The fourth-order valence-corrected chi connectivity index (χ4v) is 2.89. The first-order valence-electron chi connectivity index (χ1n) is 7.45. The van der Waals surface area contributed by atoms with E-state index in [2.05, 4.69) is 23.8 Å². The van der Waals surface area contributed by atoms with Gasteiger partial charge in [-0.25, -0.2) is 4.39 Å². The van der Waals surface area contributed by atoms with E-state index in [9.17, 15) is 14.3 Å². The highest BCUT2D eigenvalue weighted by atomic mass is 19.1. The minimum Gasteiger partial charge on any atom is -0.507 e. The quantitative estimate of drug-likeness (QED) is 0.864. The molecule has 0 aliphatic carbocycles. The van der Waals surface area contributed by atoms with Gasteiger partial charge in [0.15, 0.2) is 5.78 Å². The molecule has 1 aromatic carbocycles. The number of hydrogen-bond acceptors (Lipinski definition) is 4. The van der Waals surface area contributed by atoms with Crippen molar-refractivity contribution in [3.8, 4) is 5.75 Å². The van der Waals surface area contributed by atoms with Crippen molar-refractivity contribution in [2.45, 2.75) is 25.8 Å². The van der Waals surface area contributed by atoms with Crippen LogP contribution in [0.1, 0.15) is 30.1 Å². The maximum absolute atomic E-state index is 13.3. The van der Waals surface area contributed by atoms with Gasteiger partial charge in [-0.1, -0.05) is 6.92 Å². The summed E-state index contributed by atoms with van der Waals surface area (Å²) in [6, 6.07) is 3.82. The molecule has 116 valence electrons. The lowest BCUT2D eigenvalue weighted by atomic mass is 10.1. The predicted octanol–water partition coefficient (Wildman–Crippen LogP) is 2.13. The van der Waals surface area contributed by atoms with Crippen molar-refractivity contribution in [1.29, 1.82) is 0 Å². The highest BCUT2D eigenvalue weighted by Gasteiger charge is 2.25. The molecule has 1 aliphatic heterocycles. The summed E-state index contributed by atoms with van der Waals surface area (Å²) in [6.45, 7) is 5.14. The summed E-state index contributed by atoms with van der Waals surface area (Å²) in [5, 5.41) is 9.74. The van der Waals surface area contributed by atoms with Gasteiger partial charge >= 0.3 is 0 Å². The molecule has 1 unspecified atom stereocenters. The van der Waals surface area contributed by atoms with E-state index in [0.29, 0.717) is 6.04 Å². The largest absolute Gasteiger partial charge is 0.507 e. The van der Waals surface area contributed by atoms with Gasteiger partial charge in [-0.05, 0) is 44.6 Å². The zero-order chi connectivity index (χ0) is 15.4. The van der Waals surface area contributed by atoms with E-state index in [1.807, 2.05) is 0 Å². The molecule has 0 spiro atoms. The molecule has 0 radical (unpaired) electrons. The Hall–Kier alpha value is -1.46. The highest BCUT2D eigenvalue weighted by Crippen LogP contribution is 2.20. The van der Waals surface area contributed by atoms with E-state index in [1.54, 1.807) is 0 Å². The average Bonchev–Trinajstić information content (AvgIpc) is 2.63. The Labute approximate surface area is 125 Å². The molecule has 0 saturated carbocycles. The fraction of sp³-hybridized carbons (Fsp3) is 0.562. The molecule has 1 aliphatic rings. The number of phenolic OH excluding ortho intramolecular Hbond substituents is 1. The zero-order valence-electron chi connectivity index (χ0n) is 12.7. The summed E-state index contributed by atoms with van der Waals surface area (Å²) in [4.78, 5) is 16.8. The van der Waals surface area contributed by atoms with E-state index in [-0.39, 0.29) is 23.6 Å². The number of ketones is 1. The molecular weight excluding hydrogens is 271 g/mol. The maximum atomic E-state index is 13.3. The molecule has 0 aromatic heterocycles. The zero-order valence-corrected chi connectivity index (χ0v) is 12.7. The van der Waals surface area contributed by atoms with Crippen molar-refractivity contribution >= 4 is 5.78 Å². The Kier molecular flexibility index (Phi) is 5.31. The molecule has 0 bridgehead atoms. The SMILES string of the molecule is CCC1CN(C)CCCN1CC(=O)c1cc(F)ccc1O. The Bertz CT molecular complexity index is 507. The van der Waals surface area contributed by atoms with E-state index >= 15 is 0 Å². The third kappa shape index (κ3) is 4.02. The lowest BCUT2D eigenvalue weighted by molar-refractivity contribution is 0.0885. The Morgan fingerprint density at radius 3 is 2.90 bits per heavy atom. The number of rotatable bonds is 4. The maximum Gasteiger partial charge on any atom is 0.180 e. The molecule has 0 amide bonds. The van der Waals surface area contributed by atoms with Gasteiger partial charge in [0.05, 0.1) is 12.1 Å². The minimum absolute atomic E-state index is 0.0717. The van der Waals surface area contributed by atoms with Gasteiger partial charge in [-0.15, -0.1) is 0 Å². The second kappa shape index (κ2) is 7.00.